The van der Waals surface area contributed by atoms with E-state index in [-0.39, 0.29) is 5.82 Å². The minimum atomic E-state index is 0.266. The number of nitrogens with two attached hydrogens (primary N) is 2. The van der Waals surface area contributed by atoms with Gasteiger partial charge in [0.2, 0.25) is 0 Å². The van der Waals surface area contributed by atoms with Gasteiger partial charge in [-0.15, -0.1) is 0 Å². The summed E-state index contributed by atoms with van der Waals surface area (Å²) in [4.78, 5) is 15.2. The maximum atomic E-state index is 5.98. The van der Waals surface area contributed by atoms with Gasteiger partial charge >= 0.3 is 0 Å². The summed E-state index contributed by atoms with van der Waals surface area (Å²) in [6, 6.07) is 7.97. The molecule has 2 aromatic heterocycles. The fourth-order valence-corrected chi connectivity index (χ4v) is 3.51. The fourth-order valence-electron chi connectivity index (χ4n) is 3.51. The minimum absolute atomic E-state index is 0.266. The van der Waals surface area contributed by atoms with Crippen molar-refractivity contribution in [2.24, 2.45) is 0 Å². The minimum Gasteiger partial charge on any atom is -0.470 e. The highest BCUT2D eigenvalue weighted by Crippen LogP contribution is 2.29. The van der Waals surface area contributed by atoms with Gasteiger partial charge in [0.1, 0.15) is 12.4 Å². The predicted molar refractivity (Wildman–Crippen MR) is 110 cm³/mol. The lowest BCUT2D eigenvalue weighted by molar-refractivity contribution is 0.295. The molecule has 7 heteroatoms. The monoisotopic (exact) mass is 376 g/mol. The first kappa shape index (κ1) is 18.2. The van der Waals surface area contributed by atoms with E-state index in [1.807, 2.05) is 6.07 Å². The highest BCUT2D eigenvalue weighted by Gasteiger charge is 2.17. The first-order valence-corrected chi connectivity index (χ1v) is 9.26. The molecule has 0 saturated heterocycles. The molecule has 4 rings (SSSR count). The van der Waals surface area contributed by atoms with Gasteiger partial charge in [-0.25, -0.2) is 15.0 Å². The number of nitrogen functional groups attached to an aromatic ring is 2. The van der Waals surface area contributed by atoms with Gasteiger partial charge in [-0.3, -0.25) is 0 Å². The molecule has 0 atom stereocenters. The highest BCUT2D eigenvalue weighted by molar-refractivity contribution is 5.64. The Morgan fingerprint density at radius 1 is 1.18 bits per heavy atom. The summed E-state index contributed by atoms with van der Waals surface area (Å²) in [5, 5.41) is 0. The number of pyridine rings is 1. The maximum Gasteiger partial charge on any atom is 0.258 e. The largest absolute Gasteiger partial charge is 0.470 e. The van der Waals surface area contributed by atoms with E-state index < -0.39 is 0 Å². The third-order valence-corrected chi connectivity index (χ3v) is 5.04. The summed E-state index contributed by atoms with van der Waals surface area (Å²) in [5.74, 6) is 1.04. The van der Waals surface area contributed by atoms with Crippen molar-refractivity contribution in [3.8, 4) is 17.1 Å². The Bertz CT molecular complexity index is 1020. The van der Waals surface area contributed by atoms with E-state index in [4.69, 9.17) is 16.2 Å². The average Bonchev–Trinajstić information content (AvgIpc) is 2.68. The Kier molecular flexibility index (Phi) is 4.83. The van der Waals surface area contributed by atoms with Crippen LogP contribution in [0.5, 0.6) is 5.88 Å². The molecule has 1 aliphatic rings. The summed E-state index contributed by atoms with van der Waals surface area (Å²) >= 11 is 0. The van der Waals surface area contributed by atoms with E-state index in [1.54, 1.807) is 18.5 Å². The Morgan fingerprint density at radius 2 is 2.04 bits per heavy atom. The Labute approximate surface area is 164 Å². The van der Waals surface area contributed by atoms with E-state index in [2.05, 4.69) is 46.0 Å². The van der Waals surface area contributed by atoms with Gasteiger partial charge in [-0.1, -0.05) is 0 Å². The van der Waals surface area contributed by atoms with E-state index >= 15 is 0 Å². The van der Waals surface area contributed by atoms with Crippen LogP contribution < -0.4 is 16.2 Å². The topological polar surface area (TPSA) is 103 Å². The van der Waals surface area contributed by atoms with Crippen molar-refractivity contribution in [3.63, 3.8) is 0 Å². The predicted octanol–water partition coefficient (Wildman–Crippen LogP) is 2.58. The smallest absolute Gasteiger partial charge is 0.258 e. The SMILES string of the molecule is Cc1cc(-c2cnc(N)c(OCc3ccnc(N)c3)n2)cc2c1CN(C)CC2. The number of rotatable bonds is 4. The van der Waals surface area contributed by atoms with Crippen LogP contribution in [0, 0.1) is 6.92 Å². The molecule has 28 heavy (non-hydrogen) atoms. The van der Waals surface area contributed by atoms with Crippen LogP contribution >= 0.6 is 0 Å². The van der Waals surface area contributed by atoms with Crippen molar-refractivity contribution in [1.29, 1.82) is 0 Å². The van der Waals surface area contributed by atoms with Crippen LogP contribution in [0.2, 0.25) is 0 Å². The summed E-state index contributed by atoms with van der Waals surface area (Å²) in [7, 11) is 2.15. The second-order valence-corrected chi connectivity index (χ2v) is 7.24. The van der Waals surface area contributed by atoms with Gasteiger partial charge in [-0.05, 0) is 66.9 Å². The summed E-state index contributed by atoms with van der Waals surface area (Å²) in [6.45, 7) is 4.49. The highest BCUT2D eigenvalue weighted by atomic mass is 16.5. The van der Waals surface area contributed by atoms with Gasteiger partial charge in [0, 0.05) is 24.8 Å². The number of ether oxygens (including phenoxy) is 1. The van der Waals surface area contributed by atoms with E-state index in [9.17, 15) is 0 Å². The first-order valence-electron chi connectivity index (χ1n) is 9.26. The lowest BCUT2D eigenvalue weighted by Crippen LogP contribution is -2.27. The van der Waals surface area contributed by atoms with Gasteiger partial charge < -0.3 is 21.1 Å². The molecule has 0 saturated carbocycles. The molecule has 0 radical (unpaired) electrons. The molecule has 144 valence electrons. The molecule has 0 spiro atoms. The molecule has 0 bridgehead atoms. The number of aryl methyl sites for hydroxylation is 1. The number of nitrogens with zero attached hydrogens (tertiary/aromatic N) is 4. The second kappa shape index (κ2) is 7.44. The Hall–Kier alpha value is -3.19. The Balaban J connectivity index is 1.61. The third-order valence-electron chi connectivity index (χ3n) is 5.04. The van der Waals surface area contributed by atoms with Gasteiger partial charge in [0.05, 0.1) is 11.9 Å². The van der Waals surface area contributed by atoms with Crippen LogP contribution in [0.4, 0.5) is 11.6 Å². The van der Waals surface area contributed by atoms with Crippen molar-refractivity contribution in [2.75, 3.05) is 25.1 Å². The molecular formula is C21H24N6O. The van der Waals surface area contributed by atoms with E-state index in [0.717, 1.165) is 36.3 Å². The molecule has 3 heterocycles. The summed E-state index contributed by atoms with van der Waals surface area (Å²) in [6.07, 6.45) is 4.38. The van der Waals surface area contributed by atoms with Gasteiger partial charge in [0.15, 0.2) is 5.82 Å². The zero-order valence-electron chi connectivity index (χ0n) is 16.1. The number of anilines is 2. The molecule has 1 aliphatic heterocycles. The van der Waals surface area contributed by atoms with Crippen LogP contribution in [0.15, 0.2) is 36.7 Å². The standard InChI is InChI=1S/C21H24N6O/c1-13-7-16(9-15-4-6-27(2)11-17(13)15)18-10-25-20(23)21(26-18)28-12-14-3-5-24-19(22)8-14/h3,5,7-10H,4,6,11-12H2,1-2H3,(H2,22,24)(H2,23,25). The van der Waals surface area contributed by atoms with Crippen LogP contribution in [0.1, 0.15) is 22.3 Å². The lowest BCUT2D eigenvalue weighted by atomic mass is 9.92. The number of benzene rings is 1. The molecule has 7 nitrogen and oxygen atoms in total. The molecule has 0 amide bonds. The van der Waals surface area contributed by atoms with Gasteiger partial charge in [0.25, 0.3) is 5.88 Å². The van der Waals surface area contributed by atoms with Crippen LogP contribution in [0.3, 0.4) is 0 Å². The normalized spacial score (nSPS) is 13.9. The number of hydrogen-bond donors (Lipinski definition) is 2. The Morgan fingerprint density at radius 3 is 2.86 bits per heavy atom. The first-order chi connectivity index (χ1) is 13.5. The van der Waals surface area contributed by atoms with Crippen molar-refractivity contribution in [1.82, 2.24) is 19.9 Å². The molecule has 3 aromatic rings. The molecule has 1 aromatic carbocycles. The third kappa shape index (κ3) is 3.75. The quantitative estimate of drug-likeness (QED) is 0.721. The molecule has 0 aliphatic carbocycles. The molecule has 0 fully saturated rings. The van der Waals surface area contributed by atoms with Crippen molar-refractivity contribution >= 4 is 11.6 Å². The number of hydrogen-bond acceptors (Lipinski definition) is 7. The second-order valence-electron chi connectivity index (χ2n) is 7.24. The number of aromatic nitrogens is 3. The molecule has 4 N–H and O–H groups in total. The summed E-state index contributed by atoms with van der Waals surface area (Å²) < 4.78 is 5.81. The fraction of sp³-hybridized carbons (Fsp3) is 0.286. The number of likely N-dealkylation sites (N-methyl/N-ethyl adjacent to an activating group) is 1. The molecular weight excluding hydrogens is 352 g/mol. The molecule has 0 unspecified atom stereocenters. The van der Waals surface area contributed by atoms with Crippen LogP contribution in [-0.2, 0) is 19.6 Å². The summed E-state index contributed by atoms with van der Waals surface area (Å²) in [5.41, 5.74) is 18.4. The van der Waals surface area contributed by atoms with E-state index in [1.165, 1.54) is 16.7 Å². The lowest BCUT2D eigenvalue weighted by Gasteiger charge is -2.27. The van der Waals surface area contributed by atoms with Crippen molar-refractivity contribution in [2.45, 2.75) is 26.5 Å². The van der Waals surface area contributed by atoms with Crippen molar-refractivity contribution in [3.05, 3.63) is 58.9 Å². The zero-order valence-corrected chi connectivity index (χ0v) is 16.1. The van der Waals surface area contributed by atoms with Crippen LogP contribution in [0.25, 0.3) is 11.3 Å². The van der Waals surface area contributed by atoms with Crippen molar-refractivity contribution < 1.29 is 4.74 Å². The average molecular weight is 376 g/mol. The number of fused-ring (bicyclic) bond motifs is 1. The van der Waals surface area contributed by atoms with Gasteiger partial charge in [-0.2, -0.15) is 0 Å². The van der Waals surface area contributed by atoms with E-state index in [0.29, 0.717) is 18.3 Å². The van der Waals surface area contributed by atoms with Crippen LogP contribution in [-0.4, -0.2) is 33.4 Å². The maximum absolute atomic E-state index is 5.98. The zero-order chi connectivity index (χ0) is 19.7.